The van der Waals surface area contributed by atoms with Crippen molar-refractivity contribution in [3.05, 3.63) is 62.3 Å². The van der Waals surface area contributed by atoms with E-state index in [1.807, 2.05) is 42.5 Å². The fourth-order valence-electron chi connectivity index (χ4n) is 2.39. The lowest BCUT2D eigenvalue weighted by Crippen LogP contribution is -1.95. The van der Waals surface area contributed by atoms with E-state index in [1.165, 1.54) is 11.3 Å². The van der Waals surface area contributed by atoms with Crippen molar-refractivity contribution in [3.8, 4) is 5.75 Å². The molecule has 0 spiro atoms. The van der Waals surface area contributed by atoms with Crippen LogP contribution in [0, 0.1) is 0 Å². The van der Waals surface area contributed by atoms with Gasteiger partial charge in [0.05, 0.1) is 21.2 Å². The molecule has 0 N–H and O–H groups in total. The summed E-state index contributed by atoms with van der Waals surface area (Å²) in [7, 11) is 1.66. The maximum absolute atomic E-state index is 6.65. The van der Waals surface area contributed by atoms with Gasteiger partial charge in [0.2, 0.25) is 0 Å². The maximum atomic E-state index is 6.65. The Bertz CT molecular complexity index is 797. The predicted octanol–water partition coefficient (Wildman–Crippen LogP) is 6.54. The van der Waals surface area contributed by atoms with Crippen LogP contribution in [0.5, 0.6) is 5.75 Å². The SMILES string of the molecule is COc1ccc(C(Cl)c2cc(Cl)sc2Cl)c2ccccc12. The lowest BCUT2D eigenvalue weighted by atomic mass is 9.98. The second kappa shape index (κ2) is 6.05. The van der Waals surface area contributed by atoms with Crippen LogP contribution in [0.3, 0.4) is 0 Å². The Morgan fingerprint density at radius 1 is 1.00 bits per heavy atom. The van der Waals surface area contributed by atoms with E-state index in [9.17, 15) is 0 Å². The van der Waals surface area contributed by atoms with Crippen molar-refractivity contribution in [3.63, 3.8) is 0 Å². The van der Waals surface area contributed by atoms with Crippen LogP contribution in [0.25, 0.3) is 10.8 Å². The van der Waals surface area contributed by atoms with E-state index in [2.05, 4.69) is 0 Å². The molecule has 3 rings (SSSR count). The Balaban J connectivity index is 2.19. The summed E-state index contributed by atoms with van der Waals surface area (Å²) in [4.78, 5) is 0. The first-order valence-corrected chi connectivity index (χ1v) is 8.27. The molecule has 0 aliphatic carbocycles. The van der Waals surface area contributed by atoms with Crippen LogP contribution < -0.4 is 4.74 Å². The summed E-state index contributed by atoms with van der Waals surface area (Å²) in [6.45, 7) is 0. The third kappa shape index (κ3) is 2.74. The highest BCUT2D eigenvalue weighted by molar-refractivity contribution is 7.20. The zero-order valence-corrected chi connectivity index (χ0v) is 14.2. The Kier molecular flexibility index (Phi) is 4.32. The topological polar surface area (TPSA) is 9.23 Å². The number of halogens is 3. The molecule has 1 heterocycles. The predicted molar refractivity (Wildman–Crippen MR) is 92.5 cm³/mol. The molecule has 1 unspecified atom stereocenters. The van der Waals surface area contributed by atoms with Gasteiger partial charge in [-0.15, -0.1) is 22.9 Å². The molecule has 0 saturated heterocycles. The molecule has 0 saturated carbocycles. The number of methoxy groups -OCH3 is 1. The number of hydrogen-bond donors (Lipinski definition) is 0. The highest BCUT2D eigenvalue weighted by Crippen LogP contribution is 2.43. The van der Waals surface area contributed by atoms with Crippen molar-refractivity contribution in [2.45, 2.75) is 5.38 Å². The van der Waals surface area contributed by atoms with E-state index >= 15 is 0 Å². The maximum Gasteiger partial charge on any atom is 0.126 e. The van der Waals surface area contributed by atoms with Gasteiger partial charge in [-0.2, -0.15) is 0 Å². The van der Waals surface area contributed by atoms with Gasteiger partial charge in [0.15, 0.2) is 0 Å². The number of benzene rings is 2. The normalized spacial score (nSPS) is 12.6. The quantitative estimate of drug-likeness (QED) is 0.483. The van der Waals surface area contributed by atoms with Gasteiger partial charge in [0.1, 0.15) is 5.75 Å². The summed E-state index contributed by atoms with van der Waals surface area (Å²) >= 11 is 20.2. The van der Waals surface area contributed by atoms with Gasteiger partial charge >= 0.3 is 0 Å². The smallest absolute Gasteiger partial charge is 0.126 e. The van der Waals surface area contributed by atoms with Gasteiger partial charge in [-0.25, -0.2) is 0 Å². The third-order valence-corrected chi connectivity index (χ3v) is 5.36. The molecule has 0 fully saturated rings. The van der Waals surface area contributed by atoms with E-state index in [-0.39, 0.29) is 5.38 Å². The molecule has 2 aromatic carbocycles. The summed E-state index contributed by atoms with van der Waals surface area (Å²) in [5.74, 6) is 0.827. The summed E-state index contributed by atoms with van der Waals surface area (Å²) in [5.41, 5.74) is 1.83. The average Bonchev–Trinajstić information content (AvgIpc) is 2.84. The molecule has 5 heteroatoms. The van der Waals surface area contributed by atoms with Gasteiger partial charge < -0.3 is 4.74 Å². The third-order valence-electron chi connectivity index (χ3n) is 3.37. The highest BCUT2D eigenvalue weighted by atomic mass is 35.5. The van der Waals surface area contributed by atoms with Crippen molar-refractivity contribution >= 4 is 56.9 Å². The Morgan fingerprint density at radius 3 is 2.33 bits per heavy atom. The van der Waals surface area contributed by atoms with Crippen molar-refractivity contribution in [2.24, 2.45) is 0 Å². The molecule has 21 heavy (non-hydrogen) atoms. The number of fused-ring (bicyclic) bond motifs is 1. The number of alkyl halides is 1. The minimum atomic E-state index is -0.350. The van der Waals surface area contributed by atoms with Gasteiger partial charge in [-0.1, -0.05) is 53.5 Å². The van der Waals surface area contributed by atoms with Crippen LogP contribution >= 0.6 is 46.1 Å². The Morgan fingerprint density at radius 2 is 1.71 bits per heavy atom. The molecule has 0 aliphatic heterocycles. The van der Waals surface area contributed by atoms with Crippen molar-refractivity contribution < 1.29 is 4.74 Å². The number of rotatable bonds is 3. The molecule has 3 aromatic rings. The Labute approximate surface area is 142 Å². The molecule has 108 valence electrons. The largest absolute Gasteiger partial charge is 0.496 e. The second-order valence-electron chi connectivity index (χ2n) is 4.54. The fourth-order valence-corrected chi connectivity index (χ4v) is 4.40. The van der Waals surface area contributed by atoms with E-state index in [0.717, 1.165) is 27.6 Å². The first kappa shape index (κ1) is 15.0. The van der Waals surface area contributed by atoms with Gasteiger partial charge in [0, 0.05) is 10.9 Å². The van der Waals surface area contributed by atoms with Crippen molar-refractivity contribution in [2.75, 3.05) is 7.11 Å². The summed E-state index contributed by atoms with van der Waals surface area (Å²) in [6.07, 6.45) is 0. The van der Waals surface area contributed by atoms with Crippen LogP contribution in [0.15, 0.2) is 42.5 Å². The minimum Gasteiger partial charge on any atom is -0.496 e. The minimum absolute atomic E-state index is 0.350. The van der Waals surface area contributed by atoms with E-state index in [0.29, 0.717) is 8.67 Å². The summed E-state index contributed by atoms with van der Waals surface area (Å²) in [6, 6.07) is 13.7. The molecule has 1 atom stereocenters. The molecule has 0 radical (unpaired) electrons. The lowest BCUT2D eigenvalue weighted by Gasteiger charge is -2.14. The number of thiophene rings is 1. The molecular formula is C16H11Cl3OS. The lowest BCUT2D eigenvalue weighted by molar-refractivity contribution is 0.419. The summed E-state index contributed by atoms with van der Waals surface area (Å²) in [5, 5.41) is 1.73. The van der Waals surface area contributed by atoms with Crippen LogP contribution in [0.4, 0.5) is 0 Å². The summed E-state index contributed by atoms with van der Waals surface area (Å²) < 4.78 is 6.67. The van der Waals surface area contributed by atoms with E-state index < -0.39 is 0 Å². The van der Waals surface area contributed by atoms with E-state index in [4.69, 9.17) is 39.5 Å². The van der Waals surface area contributed by atoms with Crippen LogP contribution in [-0.4, -0.2) is 7.11 Å². The standard InChI is InChI=1S/C16H11Cl3OS/c1-20-13-7-6-11(9-4-2-3-5-10(9)13)15(18)12-8-14(17)21-16(12)19/h2-8,15H,1H3. The number of hydrogen-bond acceptors (Lipinski definition) is 2. The van der Waals surface area contributed by atoms with Gasteiger partial charge in [-0.05, 0) is 23.1 Å². The fraction of sp³-hybridized carbons (Fsp3) is 0.125. The highest BCUT2D eigenvalue weighted by Gasteiger charge is 2.20. The van der Waals surface area contributed by atoms with Gasteiger partial charge in [0.25, 0.3) is 0 Å². The second-order valence-corrected chi connectivity index (χ2v) is 7.27. The first-order chi connectivity index (χ1) is 10.1. The van der Waals surface area contributed by atoms with Crippen molar-refractivity contribution in [1.29, 1.82) is 0 Å². The Hall–Kier alpha value is -0.930. The van der Waals surface area contributed by atoms with E-state index in [1.54, 1.807) is 7.11 Å². The van der Waals surface area contributed by atoms with Crippen molar-refractivity contribution in [1.82, 2.24) is 0 Å². The van der Waals surface area contributed by atoms with Gasteiger partial charge in [-0.3, -0.25) is 0 Å². The molecule has 0 aliphatic rings. The average molecular weight is 358 g/mol. The molecular weight excluding hydrogens is 347 g/mol. The molecule has 0 amide bonds. The zero-order valence-electron chi connectivity index (χ0n) is 11.1. The molecule has 1 aromatic heterocycles. The monoisotopic (exact) mass is 356 g/mol. The zero-order chi connectivity index (χ0) is 15.0. The first-order valence-electron chi connectivity index (χ1n) is 6.26. The van der Waals surface area contributed by atoms with Crippen LogP contribution in [0.2, 0.25) is 8.67 Å². The molecule has 1 nitrogen and oxygen atoms in total. The number of ether oxygens (including phenoxy) is 1. The van der Waals surface area contributed by atoms with Crippen LogP contribution in [-0.2, 0) is 0 Å². The van der Waals surface area contributed by atoms with Crippen LogP contribution in [0.1, 0.15) is 16.5 Å². The molecule has 0 bridgehead atoms.